The fraction of sp³-hybridized carbons (Fsp3) is 0.750. The summed E-state index contributed by atoms with van der Waals surface area (Å²) < 4.78 is 0. The third-order valence-corrected chi connectivity index (χ3v) is 4.50. The smallest absolute Gasteiger partial charge is 0.0760 e. The molecule has 1 nitrogen and oxygen atoms in total. The molecule has 3 atom stereocenters. The van der Waals surface area contributed by atoms with Crippen molar-refractivity contribution in [3.05, 3.63) is 23.3 Å². The third kappa shape index (κ3) is 3.70. The molecule has 1 heteroatoms. The van der Waals surface area contributed by atoms with Crippen LogP contribution in [0, 0.1) is 11.8 Å². The van der Waals surface area contributed by atoms with E-state index in [1.165, 1.54) is 49.7 Å². The molecule has 2 aliphatic rings. The summed E-state index contributed by atoms with van der Waals surface area (Å²) in [5.41, 5.74) is 2.73. The number of allylic oxidation sites excluding steroid dienone is 2. The Bertz CT molecular complexity index is 313. The number of rotatable bonds is 0. The summed E-state index contributed by atoms with van der Waals surface area (Å²) in [5, 5.41) is 9.95. The highest BCUT2D eigenvalue weighted by molar-refractivity contribution is 5.09. The molecule has 1 saturated carbocycles. The molecule has 0 radical (unpaired) electrons. The van der Waals surface area contributed by atoms with Gasteiger partial charge in [0.15, 0.2) is 0 Å². The van der Waals surface area contributed by atoms with Crippen LogP contribution in [-0.4, -0.2) is 11.2 Å². The Morgan fingerprint density at radius 2 is 1.82 bits per heavy atom. The van der Waals surface area contributed by atoms with Gasteiger partial charge in [0.1, 0.15) is 0 Å². The van der Waals surface area contributed by atoms with Gasteiger partial charge in [-0.3, -0.25) is 0 Å². The summed E-state index contributed by atoms with van der Waals surface area (Å²) in [4.78, 5) is 0. The van der Waals surface area contributed by atoms with Crippen LogP contribution in [-0.2, 0) is 0 Å². The highest BCUT2D eigenvalue weighted by atomic mass is 16.3. The first-order valence-corrected chi connectivity index (χ1v) is 7.16. The van der Waals surface area contributed by atoms with Gasteiger partial charge in [0.2, 0.25) is 0 Å². The van der Waals surface area contributed by atoms with E-state index < -0.39 is 0 Å². The van der Waals surface area contributed by atoms with Crippen LogP contribution in [0.25, 0.3) is 0 Å². The van der Waals surface area contributed by atoms with Crippen LogP contribution in [0.5, 0.6) is 0 Å². The average molecular weight is 234 g/mol. The van der Waals surface area contributed by atoms with Crippen molar-refractivity contribution in [2.24, 2.45) is 11.8 Å². The van der Waals surface area contributed by atoms with Gasteiger partial charge in [0.25, 0.3) is 0 Å². The average Bonchev–Trinajstić information content (AvgIpc) is 2.69. The highest BCUT2D eigenvalue weighted by Crippen LogP contribution is 2.38. The molecule has 0 amide bonds. The van der Waals surface area contributed by atoms with Gasteiger partial charge in [-0.05, 0) is 57.8 Å². The summed E-state index contributed by atoms with van der Waals surface area (Å²) in [6.45, 7) is 4.33. The molecule has 0 heterocycles. The second kappa shape index (κ2) is 5.86. The maximum absolute atomic E-state index is 9.95. The van der Waals surface area contributed by atoms with Crippen LogP contribution in [0.3, 0.4) is 0 Å². The first-order chi connectivity index (χ1) is 8.15. The van der Waals surface area contributed by atoms with Gasteiger partial charge in [-0.25, -0.2) is 0 Å². The van der Waals surface area contributed by atoms with Crippen LogP contribution >= 0.6 is 0 Å². The van der Waals surface area contributed by atoms with Crippen molar-refractivity contribution < 1.29 is 5.11 Å². The highest BCUT2D eigenvalue weighted by Gasteiger charge is 2.26. The van der Waals surface area contributed by atoms with E-state index in [1.807, 2.05) is 0 Å². The SMILES string of the molecule is C/C1=C\[C@H](O)C/C(C)=C/C[C@H]2CCC[C@@H]2CC1. The third-order valence-electron chi connectivity index (χ3n) is 4.50. The minimum absolute atomic E-state index is 0.274. The van der Waals surface area contributed by atoms with E-state index in [4.69, 9.17) is 0 Å². The van der Waals surface area contributed by atoms with Crippen LogP contribution < -0.4 is 0 Å². The summed E-state index contributed by atoms with van der Waals surface area (Å²) in [6.07, 6.45) is 13.0. The summed E-state index contributed by atoms with van der Waals surface area (Å²) in [5.74, 6) is 1.84. The Labute approximate surface area is 106 Å². The molecule has 1 N–H and O–H groups in total. The summed E-state index contributed by atoms with van der Waals surface area (Å²) >= 11 is 0. The van der Waals surface area contributed by atoms with Gasteiger partial charge in [-0.15, -0.1) is 0 Å². The summed E-state index contributed by atoms with van der Waals surface area (Å²) in [7, 11) is 0. The van der Waals surface area contributed by atoms with Gasteiger partial charge in [0, 0.05) is 0 Å². The monoisotopic (exact) mass is 234 g/mol. The van der Waals surface area contributed by atoms with Crippen molar-refractivity contribution in [1.82, 2.24) is 0 Å². The minimum atomic E-state index is -0.274. The molecule has 2 rings (SSSR count). The minimum Gasteiger partial charge on any atom is -0.389 e. The van der Waals surface area contributed by atoms with E-state index in [2.05, 4.69) is 26.0 Å². The topological polar surface area (TPSA) is 20.2 Å². The van der Waals surface area contributed by atoms with E-state index in [0.717, 1.165) is 18.3 Å². The lowest BCUT2D eigenvalue weighted by Crippen LogP contribution is -2.07. The van der Waals surface area contributed by atoms with Crippen molar-refractivity contribution in [2.45, 2.75) is 64.9 Å². The van der Waals surface area contributed by atoms with E-state index in [9.17, 15) is 5.11 Å². The second-order valence-electron chi connectivity index (χ2n) is 6.06. The van der Waals surface area contributed by atoms with E-state index in [-0.39, 0.29) is 6.10 Å². The fourth-order valence-corrected chi connectivity index (χ4v) is 3.45. The van der Waals surface area contributed by atoms with Crippen molar-refractivity contribution >= 4 is 0 Å². The zero-order valence-electron chi connectivity index (χ0n) is 11.3. The Hall–Kier alpha value is -0.560. The zero-order valence-corrected chi connectivity index (χ0v) is 11.3. The predicted molar refractivity (Wildman–Crippen MR) is 72.8 cm³/mol. The molecule has 0 bridgehead atoms. The molecular weight excluding hydrogens is 208 g/mol. The molecule has 0 saturated heterocycles. The summed E-state index contributed by atoms with van der Waals surface area (Å²) in [6, 6.07) is 0. The van der Waals surface area contributed by atoms with Crippen molar-refractivity contribution in [1.29, 1.82) is 0 Å². The number of fused-ring (bicyclic) bond motifs is 1. The Morgan fingerprint density at radius 3 is 2.65 bits per heavy atom. The van der Waals surface area contributed by atoms with E-state index in [1.54, 1.807) is 0 Å². The van der Waals surface area contributed by atoms with Crippen molar-refractivity contribution in [3.63, 3.8) is 0 Å². The van der Waals surface area contributed by atoms with Gasteiger partial charge >= 0.3 is 0 Å². The number of hydrogen-bond acceptors (Lipinski definition) is 1. The van der Waals surface area contributed by atoms with E-state index in [0.29, 0.717) is 0 Å². The molecule has 0 aromatic carbocycles. The molecule has 0 aromatic heterocycles. The maximum Gasteiger partial charge on any atom is 0.0760 e. The molecule has 96 valence electrons. The first kappa shape index (κ1) is 12.9. The standard InChI is InChI=1S/C16H26O/c1-12-6-8-14-4-3-5-15(14)9-7-13(2)11-16(17)10-12/h6,11,14-17H,3-5,7-10H2,1-2H3/b12-6+,13-11+/t14-,15-,16-/m1/s1. The molecular formula is C16H26O. The predicted octanol–water partition coefficient (Wildman–Crippen LogP) is 4.23. The van der Waals surface area contributed by atoms with Gasteiger partial charge < -0.3 is 5.11 Å². The molecule has 0 unspecified atom stereocenters. The van der Waals surface area contributed by atoms with Gasteiger partial charge in [-0.2, -0.15) is 0 Å². The number of hydrogen-bond donors (Lipinski definition) is 1. The fourth-order valence-electron chi connectivity index (χ4n) is 3.45. The van der Waals surface area contributed by atoms with Gasteiger partial charge in [0.05, 0.1) is 6.10 Å². The molecule has 2 aliphatic carbocycles. The normalized spacial score (nSPS) is 41.7. The Morgan fingerprint density at radius 1 is 1.06 bits per heavy atom. The molecule has 1 fully saturated rings. The maximum atomic E-state index is 9.95. The van der Waals surface area contributed by atoms with Crippen molar-refractivity contribution in [3.8, 4) is 0 Å². The molecule has 17 heavy (non-hydrogen) atoms. The first-order valence-electron chi connectivity index (χ1n) is 7.16. The van der Waals surface area contributed by atoms with Crippen LogP contribution in [0.15, 0.2) is 23.3 Å². The largest absolute Gasteiger partial charge is 0.389 e. The second-order valence-corrected chi connectivity index (χ2v) is 6.06. The van der Waals surface area contributed by atoms with Crippen LogP contribution in [0.1, 0.15) is 58.8 Å². The lowest BCUT2D eigenvalue weighted by molar-refractivity contribution is 0.222. The van der Waals surface area contributed by atoms with Crippen molar-refractivity contribution in [2.75, 3.05) is 0 Å². The van der Waals surface area contributed by atoms with Crippen LogP contribution in [0.4, 0.5) is 0 Å². The van der Waals surface area contributed by atoms with Crippen LogP contribution in [0.2, 0.25) is 0 Å². The molecule has 0 aliphatic heterocycles. The molecule has 0 spiro atoms. The van der Waals surface area contributed by atoms with Gasteiger partial charge in [-0.1, -0.05) is 36.1 Å². The molecule has 0 aromatic rings. The van der Waals surface area contributed by atoms with E-state index >= 15 is 0 Å². The Kier molecular flexibility index (Phi) is 4.44. The lowest BCUT2D eigenvalue weighted by atomic mass is 9.88. The Balaban J connectivity index is 2.10. The zero-order chi connectivity index (χ0) is 12.3. The lowest BCUT2D eigenvalue weighted by Gasteiger charge is -2.18. The number of aliphatic hydroxyl groups is 1. The quantitative estimate of drug-likeness (QED) is 0.622. The number of aliphatic hydroxyl groups excluding tert-OH is 1.